The van der Waals surface area contributed by atoms with Crippen molar-refractivity contribution in [1.82, 2.24) is 14.8 Å². The van der Waals surface area contributed by atoms with Gasteiger partial charge in [0.25, 0.3) is 0 Å². The quantitative estimate of drug-likeness (QED) is 0.281. The standard InChI is InChI=1S/C29H24BrClFN3O2/c30-21-7-10-26-24(17-21)25(29(33-26)20-5-8-23(32)9-6-20)18-28(37)35-14-12-34(13-15-35)27(36)11-4-19-2-1-3-22(31)16-19/h1-11,16-17,33H,12-15,18H2/b11-4+. The van der Waals surface area contributed by atoms with Gasteiger partial charge in [0, 0.05) is 52.7 Å². The fourth-order valence-electron chi connectivity index (χ4n) is 4.59. The number of carbonyl (C=O) groups is 2. The first-order chi connectivity index (χ1) is 17.9. The van der Waals surface area contributed by atoms with Crippen LogP contribution in [0.1, 0.15) is 11.1 Å². The number of nitrogens with one attached hydrogen (secondary N) is 1. The second-order valence-electron chi connectivity index (χ2n) is 8.95. The van der Waals surface area contributed by atoms with Crippen LogP contribution >= 0.6 is 27.5 Å². The predicted octanol–water partition coefficient (Wildman–Crippen LogP) is 6.32. The first kappa shape index (κ1) is 25.2. The number of piperazine rings is 1. The normalized spacial score (nSPS) is 14.0. The number of nitrogens with zero attached hydrogens (tertiary/aromatic N) is 2. The van der Waals surface area contributed by atoms with Gasteiger partial charge in [0.05, 0.1) is 12.1 Å². The maximum atomic E-state index is 13.5. The summed E-state index contributed by atoms with van der Waals surface area (Å²) in [5.41, 5.74) is 4.26. The SMILES string of the molecule is O=C(/C=C/c1cccc(Cl)c1)N1CCN(C(=O)Cc2c(-c3ccc(F)cc3)[nH]c3ccc(Br)cc23)CC1. The molecule has 0 unspecified atom stereocenters. The minimum atomic E-state index is -0.310. The minimum absolute atomic E-state index is 0.00851. The van der Waals surface area contributed by atoms with Crippen LogP contribution in [0.4, 0.5) is 4.39 Å². The number of carbonyl (C=O) groups excluding carboxylic acids is 2. The molecule has 1 aliphatic rings. The maximum Gasteiger partial charge on any atom is 0.246 e. The summed E-state index contributed by atoms with van der Waals surface area (Å²) in [5, 5.41) is 1.56. The van der Waals surface area contributed by atoms with Gasteiger partial charge in [-0.25, -0.2) is 4.39 Å². The zero-order valence-corrected chi connectivity index (χ0v) is 22.2. The third kappa shape index (κ3) is 5.78. The molecule has 5 nitrogen and oxygen atoms in total. The van der Waals surface area contributed by atoms with Crippen molar-refractivity contribution in [2.45, 2.75) is 6.42 Å². The first-order valence-electron chi connectivity index (χ1n) is 11.9. The smallest absolute Gasteiger partial charge is 0.246 e. The van der Waals surface area contributed by atoms with Gasteiger partial charge in [0.2, 0.25) is 11.8 Å². The molecule has 1 aromatic heterocycles. The number of aromatic nitrogens is 1. The molecule has 1 aliphatic heterocycles. The zero-order chi connectivity index (χ0) is 25.9. The number of benzene rings is 3. The van der Waals surface area contributed by atoms with Gasteiger partial charge in [0.15, 0.2) is 0 Å². The van der Waals surface area contributed by atoms with Crippen LogP contribution < -0.4 is 0 Å². The molecule has 0 radical (unpaired) electrons. The molecular formula is C29H24BrClFN3O2. The number of hydrogen-bond donors (Lipinski definition) is 1. The fraction of sp³-hybridized carbons (Fsp3) is 0.172. The molecule has 5 rings (SSSR count). The maximum absolute atomic E-state index is 13.5. The number of halogens is 3. The van der Waals surface area contributed by atoms with E-state index in [0.29, 0.717) is 31.2 Å². The highest BCUT2D eigenvalue weighted by atomic mass is 79.9. The molecule has 0 aliphatic carbocycles. The summed E-state index contributed by atoms with van der Waals surface area (Å²) >= 11 is 9.54. The molecule has 1 fully saturated rings. The molecule has 0 spiro atoms. The molecule has 188 valence electrons. The number of H-pyrrole nitrogens is 1. The summed E-state index contributed by atoms with van der Waals surface area (Å²) in [7, 11) is 0. The minimum Gasteiger partial charge on any atom is -0.354 e. The van der Waals surface area contributed by atoms with E-state index >= 15 is 0 Å². The van der Waals surface area contributed by atoms with Crippen LogP contribution in [-0.2, 0) is 16.0 Å². The van der Waals surface area contributed by atoms with Crippen LogP contribution in [0, 0.1) is 5.82 Å². The monoisotopic (exact) mass is 579 g/mol. The van der Waals surface area contributed by atoms with Gasteiger partial charge in [-0.1, -0.05) is 39.7 Å². The van der Waals surface area contributed by atoms with Gasteiger partial charge in [-0.05, 0) is 77.4 Å². The molecule has 0 atom stereocenters. The lowest BCUT2D eigenvalue weighted by Gasteiger charge is -2.34. The Hall–Kier alpha value is -3.42. The molecular weight excluding hydrogens is 557 g/mol. The van der Waals surface area contributed by atoms with Gasteiger partial charge in [0.1, 0.15) is 5.82 Å². The van der Waals surface area contributed by atoms with Gasteiger partial charge in [-0.2, -0.15) is 0 Å². The van der Waals surface area contributed by atoms with Crippen LogP contribution in [0.5, 0.6) is 0 Å². The average molecular weight is 581 g/mol. The highest BCUT2D eigenvalue weighted by Crippen LogP contribution is 2.33. The van der Waals surface area contributed by atoms with E-state index in [1.807, 2.05) is 30.3 Å². The number of aromatic amines is 1. The van der Waals surface area contributed by atoms with E-state index in [-0.39, 0.29) is 24.1 Å². The average Bonchev–Trinajstić information content (AvgIpc) is 3.25. The second kappa shape index (κ2) is 10.9. The van der Waals surface area contributed by atoms with Crippen molar-refractivity contribution in [3.05, 3.63) is 99.2 Å². The van der Waals surface area contributed by atoms with E-state index in [1.165, 1.54) is 12.1 Å². The van der Waals surface area contributed by atoms with Crippen LogP contribution in [-0.4, -0.2) is 52.8 Å². The number of rotatable bonds is 5. The lowest BCUT2D eigenvalue weighted by atomic mass is 10.0. The number of amides is 2. The molecule has 0 bridgehead atoms. The van der Waals surface area contributed by atoms with Crippen molar-refractivity contribution < 1.29 is 14.0 Å². The summed E-state index contributed by atoms with van der Waals surface area (Å²) in [6.07, 6.45) is 3.49. The van der Waals surface area contributed by atoms with Gasteiger partial charge < -0.3 is 14.8 Å². The summed E-state index contributed by atoms with van der Waals surface area (Å²) in [5.74, 6) is -0.409. The lowest BCUT2D eigenvalue weighted by Crippen LogP contribution is -2.50. The summed E-state index contributed by atoms with van der Waals surface area (Å²) in [6.45, 7) is 1.87. The molecule has 2 heterocycles. The first-order valence-corrected chi connectivity index (χ1v) is 13.1. The van der Waals surface area contributed by atoms with Gasteiger partial charge in [-0.15, -0.1) is 0 Å². The Bertz CT molecular complexity index is 1490. The van der Waals surface area contributed by atoms with Crippen molar-refractivity contribution in [2.75, 3.05) is 26.2 Å². The van der Waals surface area contributed by atoms with Crippen molar-refractivity contribution >= 4 is 56.3 Å². The number of hydrogen-bond acceptors (Lipinski definition) is 2. The highest BCUT2D eigenvalue weighted by Gasteiger charge is 2.25. The lowest BCUT2D eigenvalue weighted by molar-refractivity contribution is -0.136. The van der Waals surface area contributed by atoms with E-state index in [4.69, 9.17) is 11.6 Å². The Balaban J connectivity index is 1.29. The van der Waals surface area contributed by atoms with Crippen molar-refractivity contribution in [2.24, 2.45) is 0 Å². The van der Waals surface area contributed by atoms with Crippen LogP contribution in [0.3, 0.4) is 0 Å². The highest BCUT2D eigenvalue weighted by molar-refractivity contribution is 9.10. The molecule has 37 heavy (non-hydrogen) atoms. The van der Waals surface area contributed by atoms with E-state index in [0.717, 1.165) is 37.8 Å². The van der Waals surface area contributed by atoms with Gasteiger partial charge in [-0.3, -0.25) is 9.59 Å². The molecule has 0 saturated carbocycles. The molecule has 1 N–H and O–H groups in total. The van der Waals surface area contributed by atoms with E-state index in [9.17, 15) is 14.0 Å². The largest absolute Gasteiger partial charge is 0.354 e. The Morgan fingerprint density at radius 3 is 2.43 bits per heavy atom. The van der Waals surface area contributed by atoms with Crippen LogP contribution in [0.2, 0.25) is 5.02 Å². The van der Waals surface area contributed by atoms with Crippen molar-refractivity contribution in [3.63, 3.8) is 0 Å². The van der Waals surface area contributed by atoms with Gasteiger partial charge >= 0.3 is 0 Å². The molecule has 1 saturated heterocycles. The second-order valence-corrected chi connectivity index (χ2v) is 10.3. The summed E-state index contributed by atoms with van der Waals surface area (Å²) < 4.78 is 14.5. The topological polar surface area (TPSA) is 56.4 Å². The Kier molecular flexibility index (Phi) is 7.44. The summed E-state index contributed by atoms with van der Waals surface area (Å²) in [4.78, 5) is 33.0. The van der Waals surface area contributed by atoms with E-state index in [1.54, 1.807) is 46.2 Å². The molecule has 2 amide bonds. The molecule has 3 aromatic carbocycles. The molecule has 8 heteroatoms. The third-order valence-electron chi connectivity index (χ3n) is 6.54. The van der Waals surface area contributed by atoms with Crippen LogP contribution in [0.25, 0.3) is 28.2 Å². The Labute approximate surface area is 227 Å². The molecule has 4 aromatic rings. The predicted molar refractivity (Wildman–Crippen MR) is 149 cm³/mol. The zero-order valence-electron chi connectivity index (χ0n) is 19.9. The third-order valence-corrected chi connectivity index (χ3v) is 7.27. The van der Waals surface area contributed by atoms with Crippen molar-refractivity contribution in [1.29, 1.82) is 0 Å². The number of fused-ring (bicyclic) bond motifs is 1. The summed E-state index contributed by atoms with van der Waals surface area (Å²) in [6, 6.07) is 19.5. The van der Waals surface area contributed by atoms with Crippen LogP contribution in [0.15, 0.2) is 77.3 Å². The van der Waals surface area contributed by atoms with Crippen molar-refractivity contribution in [3.8, 4) is 11.3 Å². The Morgan fingerprint density at radius 1 is 0.973 bits per heavy atom. The Morgan fingerprint density at radius 2 is 1.70 bits per heavy atom. The fourth-order valence-corrected chi connectivity index (χ4v) is 5.15. The van der Waals surface area contributed by atoms with E-state index in [2.05, 4.69) is 20.9 Å². The van der Waals surface area contributed by atoms with E-state index < -0.39 is 0 Å².